The molecule has 0 aromatic heterocycles. The second-order valence-electron chi connectivity index (χ2n) is 4.96. The van der Waals surface area contributed by atoms with Gasteiger partial charge in [-0.25, -0.2) is 0 Å². The van der Waals surface area contributed by atoms with Gasteiger partial charge in [-0.05, 0) is 38.5 Å². The van der Waals surface area contributed by atoms with Crippen LogP contribution in [-0.4, -0.2) is 23.4 Å². The highest BCUT2D eigenvalue weighted by atomic mass is 16.3. The van der Waals surface area contributed by atoms with Crippen molar-refractivity contribution in [2.24, 2.45) is 0 Å². The molecule has 0 heterocycles. The fourth-order valence-corrected chi connectivity index (χ4v) is 1.64. The lowest BCUT2D eigenvalue weighted by Gasteiger charge is -1.90. The Balaban J connectivity index is 0. The van der Waals surface area contributed by atoms with Crippen LogP contribution in [0, 0.1) is 0 Å². The molecule has 0 fully saturated rings. The van der Waals surface area contributed by atoms with Crippen molar-refractivity contribution in [1.82, 2.24) is 0 Å². The van der Waals surface area contributed by atoms with Gasteiger partial charge in [0.1, 0.15) is 0 Å². The first-order valence-corrected chi connectivity index (χ1v) is 8.35. The highest BCUT2D eigenvalue weighted by Gasteiger charge is 1.81. The number of aliphatic hydroxyl groups excluding tert-OH is 2. The molecule has 0 unspecified atom stereocenters. The third-order valence-corrected chi connectivity index (χ3v) is 2.87. The molecule has 0 saturated carbocycles. The van der Waals surface area contributed by atoms with Gasteiger partial charge in [0.15, 0.2) is 0 Å². The number of hydrogen-bond acceptors (Lipinski definition) is 2. The predicted octanol–water partition coefficient (Wildman–Crippen LogP) is 5.01. The minimum Gasteiger partial charge on any atom is -0.396 e. The summed E-state index contributed by atoms with van der Waals surface area (Å²) in [4.78, 5) is 0. The van der Waals surface area contributed by atoms with E-state index in [2.05, 4.69) is 38.2 Å². The predicted molar refractivity (Wildman–Crippen MR) is 90.0 cm³/mol. The molecule has 0 radical (unpaired) electrons. The number of unbranched alkanes of at least 4 members (excludes halogenated alkanes) is 6. The monoisotopic (exact) mass is 284 g/mol. The Hall–Kier alpha value is -0.600. The first-order valence-electron chi connectivity index (χ1n) is 8.35. The standard InChI is InChI=1S/2C9H18O/c2*1-2-3-4-5-6-7-8-9-10/h2*6-7,10H,2-5,8-9H2,1H3/b2*7-6-. The largest absolute Gasteiger partial charge is 0.396 e. The van der Waals surface area contributed by atoms with Gasteiger partial charge >= 0.3 is 0 Å². The molecule has 2 N–H and O–H groups in total. The molecule has 0 aliphatic rings. The number of aliphatic hydroxyl groups is 2. The first kappa shape index (κ1) is 21.7. The van der Waals surface area contributed by atoms with E-state index in [-0.39, 0.29) is 13.2 Å². The van der Waals surface area contributed by atoms with Gasteiger partial charge < -0.3 is 10.2 Å². The van der Waals surface area contributed by atoms with Crippen LogP contribution in [-0.2, 0) is 0 Å². The summed E-state index contributed by atoms with van der Waals surface area (Å²) < 4.78 is 0. The second-order valence-corrected chi connectivity index (χ2v) is 4.96. The lowest BCUT2D eigenvalue weighted by molar-refractivity contribution is 0.302. The molecular weight excluding hydrogens is 248 g/mol. The number of hydrogen-bond donors (Lipinski definition) is 2. The van der Waals surface area contributed by atoms with Crippen LogP contribution in [0.15, 0.2) is 24.3 Å². The SMILES string of the molecule is CCCCC/C=C\CCO.CCCCC/C=C\CCO. The number of allylic oxidation sites excluding steroid dienone is 2. The molecule has 0 aromatic rings. The van der Waals surface area contributed by atoms with Crippen molar-refractivity contribution >= 4 is 0 Å². The van der Waals surface area contributed by atoms with E-state index in [1.807, 2.05) is 0 Å². The van der Waals surface area contributed by atoms with Crippen molar-refractivity contribution in [2.45, 2.75) is 78.1 Å². The average Bonchev–Trinajstić information content (AvgIpc) is 2.47. The fourth-order valence-electron chi connectivity index (χ4n) is 1.64. The van der Waals surface area contributed by atoms with Crippen molar-refractivity contribution in [2.75, 3.05) is 13.2 Å². The van der Waals surface area contributed by atoms with Gasteiger partial charge in [0, 0.05) is 13.2 Å². The molecular formula is C18H36O2. The summed E-state index contributed by atoms with van der Waals surface area (Å²) in [5.41, 5.74) is 0. The van der Waals surface area contributed by atoms with Gasteiger partial charge in [-0.2, -0.15) is 0 Å². The summed E-state index contributed by atoms with van der Waals surface area (Å²) in [5.74, 6) is 0. The minimum atomic E-state index is 0.282. The molecule has 20 heavy (non-hydrogen) atoms. The van der Waals surface area contributed by atoms with Gasteiger partial charge in [-0.15, -0.1) is 0 Å². The first-order chi connectivity index (χ1) is 9.83. The maximum Gasteiger partial charge on any atom is 0.0465 e. The summed E-state index contributed by atoms with van der Waals surface area (Å²) >= 11 is 0. The molecule has 0 aliphatic heterocycles. The van der Waals surface area contributed by atoms with E-state index in [1.54, 1.807) is 0 Å². The summed E-state index contributed by atoms with van der Waals surface area (Å²) in [5, 5.41) is 16.8. The maximum absolute atomic E-state index is 8.42. The van der Waals surface area contributed by atoms with Crippen molar-refractivity contribution in [3.63, 3.8) is 0 Å². The Kier molecular flexibility index (Phi) is 25.5. The van der Waals surface area contributed by atoms with Crippen molar-refractivity contribution < 1.29 is 10.2 Å². The molecule has 0 atom stereocenters. The third kappa shape index (κ3) is 26.1. The van der Waals surface area contributed by atoms with Gasteiger partial charge in [-0.1, -0.05) is 63.8 Å². The van der Waals surface area contributed by atoms with Crippen LogP contribution < -0.4 is 0 Å². The quantitative estimate of drug-likeness (QED) is 0.390. The molecule has 0 rings (SSSR count). The topological polar surface area (TPSA) is 40.5 Å². The summed E-state index contributed by atoms with van der Waals surface area (Å²) in [6.07, 6.45) is 20.2. The van der Waals surface area contributed by atoms with Crippen molar-refractivity contribution in [3.8, 4) is 0 Å². The molecule has 0 bridgehead atoms. The molecule has 2 heteroatoms. The zero-order chi connectivity index (χ0) is 15.3. The van der Waals surface area contributed by atoms with Crippen LogP contribution in [0.1, 0.15) is 78.1 Å². The van der Waals surface area contributed by atoms with Crippen molar-refractivity contribution in [3.05, 3.63) is 24.3 Å². The van der Waals surface area contributed by atoms with Gasteiger partial charge in [0.05, 0.1) is 0 Å². The van der Waals surface area contributed by atoms with Crippen LogP contribution in [0.25, 0.3) is 0 Å². The number of rotatable bonds is 12. The third-order valence-electron chi connectivity index (χ3n) is 2.87. The zero-order valence-corrected chi connectivity index (χ0v) is 13.7. The molecule has 0 spiro atoms. The van der Waals surface area contributed by atoms with E-state index >= 15 is 0 Å². The van der Waals surface area contributed by atoms with E-state index < -0.39 is 0 Å². The maximum atomic E-state index is 8.42. The Labute approximate surface area is 126 Å². The molecule has 120 valence electrons. The van der Waals surface area contributed by atoms with Crippen molar-refractivity contribution in [1.29, 1.82) is 0 Å². The van der Waals surface area contributed by atoms with Gasteiger partial charge in [0.2, 0.25) is 0 Å². The molecule has 0 aliphatic carbocycles. The van der Waals surface area contributed by atoms with Gasteiger partial charge in [0.25, 0.3) is 0 Å². The minimum absolute atomic E-state index is 0.282. The molecule has 2 nitrogen and oxygen atoms in total. The Morgan fingerprint density at radius 1 is 0.550 bits per heavy atom. The van der Waals surface area contributed by atoms with Crippen LogP contribution in [0.3, 0.4) is 0 Å². The van der Waals surface area contributed by atoms with Crippen LogP contribution >= 0.6 is 0 Å². The highest BCUT2D eigenvalue weighted by Crippen LogP contribution is 2.00. The lowest BCUT2D eigenvalue weighted by atomic mass is 10.2. The molecule has 0 aromatic carbocycles. The fraction of sp³-hybridized carbons (Fsp3) is 0.778. The smallest absolute Gasteiger partial charge is 0.0465 e. The van der Waals surface area contributed by atoms with E-state index in [0.29, 0.717) is 0 Å². The summed E-state index contributed by atoms with van der Waals surface area (Å²) in [6, 6.07) is 0. The Bertz CT molecular complexity index is 176. The highest BCUT2D eigenvalue weighted by molar-refractivity contribution is 4.81. The Morgan fingerprint density at radius 3 is 1.20 bits per heavy atom. The second kappa shape index (κ2) is 23.5. The van der Waals surface area contributed by atoms with Crippen LogP contribution in [0.5, 0.6) is 0 Å². The normalized spacial score (nSPS) is 11.0. The van der Waals surface area contributed by atoms with Gasteiger partial charge in [-0.3, -0.25) is 0 Å². The average molecular weight is 284 g/mol. The molecule has 0 saturated heterocycles. The van der Waals surface area contributed by atoms with E-state index in [9.17, 15) is 0 Å². The summed E-state index contributed by atoms with van der Waals surface area (Å²) in [7, 11) is 0. The van der Waals surface area contributed by atoms with Crippen LogP contribution in [0.2, 0.25) is 0 Å². The van der Waals surface area contributed by atoms with E-state index in [1.165, 1.54) is 51.4 Å². The summed E-state index contributed by atoms with van der Waals surface area (Å²) in [6.45, 7) is 4.98. The van der Waals surface area contributed by atoms with E-state index in [0.717, 1.165) is 12.8 Å². The van der Waals surface area contributed by atoms with Crippen LogP contribution in [0.4, 0.5) is 0 Å². The Morgan fingerprint density at radius 2 is 0.900 bits per heavy atom. The van der Waals surface area contributed by atoms with E-state index in [4.69, 9.17) is 10.2 Å². The molecule has 0 amide bonds. The zero-order valence-electron chi connectivity index (χ0n) is 13.7. The lowest BCUT2D eigenvalue weighted by Crippen LogP contribution is -1.76.